The van der Waals surface area contributed by atoms with Gasteiger partial charge in [0.1, 0.15) is 18.0 Å². The number of carbonyl (C=O) groups is 1. The van der Waals surface area contributed by atoms with E-state index in [1.54, 1.807) is 12.1 Å². The third-order valence-electron chi connectivity index (χ3n) is 4.90. The molecule has 0 aliphatic carbocycles. The summed E-state index contributed by atoms with van der Waals surface area (Å²) in [6, 6.07) is 7.25. The number of amides is 1. The molecule has 3 N–H and O–H groups in total. The average Bonchev–Trinajstić information content (AvgIpc) is 2.94. The Labute approximate surface area is 250 Å². The predicted octanol–water partition coefficient (Wildman–Crippen LogP) is 2.31. The van der Waals surface area contributed by atoms with Crippen LogP contribution in [0.15, 0.2) is 24.3 Å². The predicted molar refractivity (Wildman–Crippen MR) is 157 cm³/mol. The number of nitrogens with one attached hydrogen (secondary N) is 1. The normalized spacial score (nSPS) is 11.5. The van der Waals surface area contributed by atoms with Gasteiger partial charge in [0, 0.05) is 12.2 Å². The minimum atomic E-state index is -0.510. The summed E-state index contributed by atoms with van der Waals surface area (Å²) in [7, 11) is 0. The molecule has 0 atom stereocenters. The molecule has 0 spiro atoms. The lowest BCUT2D eigenvalue weighted by Crippen LogP contribution is -2.34. The first-order chi connectivity index (χ1) is 20.4. The van der Waals surface area contributed by atoms with Gasteiger partial charge in [0.2, 0.25) is 0 Å². The molecule has 0 bridgehead atoms. The van der Waals surface area contributed by atoms with Crippen molar-refractivity contribution in [1.82, 2.24) is 5.32 Å². The summed E-state index contributed by atoms with van der Waals surface area (Å²) in [5.41, 5.74) is 5.83. The molecule has 42 heavy (non-hydrogen) atoms. The van der Waals surface area contributed by atoms with E-state index in [4.69, 9.17) is 53.1 Å². The molecule has 1 rings (SSSR count). The van der Waals surface area contributed by atoms with Crippen LogP contribution in [0.4, 0.5) is 10.5 Å². The Morgan fingerprint density at radius 1 is 0.571 bits per heavy atom. The van der Waals surface area contributed by atoms with Gasteiger partial charge in [-0.25, -0.2) is 4.79 Å². The first-order valence-electron chi connectivity index (χ1n) is 14.4. The topological polar surface area (TPSA) is 147 Å². The lowest BCUT2D eigenvalue weighted by Gasteiger charge is -2.19. The molecule has 0 heterocycles. The van der Waals surface area contributed by atoms with E-state index in [9.17, 15) is 4.79 Å². The maximum atomic E-state index is 11.5. The summed E-state index contributed by atoms with van der Waals surface area (Å²) < 4.78 is 54.2. The van der Waals surface area contributed by atoms with Crippen LogP contribution >= 0.6 is 0 Å². The van der Waals surface area contributed by atoms with Gasteiger partial charge in [0.25, 0.3) is 0 Å². The van der Waals surface area contributed by atoms with Crippen LogP contribution in [0.2, 0.25) is 0 Å². The van der Waals surface area contributed by atoms with Gasteiger partial charge >= 0.3 is 6.09 Å². The summed E-state index contributed by atoms with van der Waals surface area (Å²) >= 11 is 0. The lowest BCUT2D eigenvalue weighted by molar-refractivity contribution is -0.0235. The number of nitrogens with two attached hydrogens (primary N) is 1. The van der Waals surface area contributed by atoms with E-state index in [0.29, 0.717) is 125 Å². The number of anilines is 1. The molecule has 0 aliphatic rings. The van der Waals surface area contributed by atoms with Crippen LogP contribution in [0.1, 0.15) is 20.8 Å². The number of rotatable bonds is 28. The van der Waals surface area contributed by atoms with Crippen molar-refractivity contribution < 1.29 is 52.2 Å². The molecule has 0 saturated heterocycles. The highest BCUT2D eigenvalue weighted by Crippen LogP contribution is 2.12. The molecule has 0 saturated carbocycles. The highest BCUT2D eigenvalue weighted by Gasteiger charge is 2.15. The summed E-state index contributed by atoms with van der Waals surface area (Å²) in [5, 5.41) is 2.63. The second-order valence-electron chi connectivity index (χ2n) is 9.75. The lowest BCUT2D eigenvalue weighted by atomic mass is 10.2. The fraction of sp³-hybridized carbons (Fsp3) is 0.759. The number of nitrogen functional groups attached to an aromatic ring is 1. The summed E-state index contributed by atoms with van der Waals surface area (Å²) in [6.45, 7) is 14.0. The maximum Gasteiger partial charge on any atom is 0.407 e. The Morgan fingerprint density at radius 3 is 1.26 bits per heavy atom. The number of hydrogen-bond acceptors (Lipinski definition) is 12. The minimum absolute atomic E-state index is 0.384. The van der Waals surface area contributed by atoms with Gasteiger partial charge in [-0.3, -0.25) is 0 Å². The Morgan fingerprint density at radius 2 is 0.905 bits per heavy atom. The second kappa shape index (κ2) is 26.4. The highest BCUT2D eigenvalue weighted by atomic mass is 16.6. The van der Waals surface area contributed by atoms with Gasteiger partial charge in [-0.15, -0.1) is 0 Å². The monoisotopic (exact) mass is 604 g/mol. The zero-order chi connectivity index (χ0) is 30.6. The number of hydrogen-bond donors (Lipinski definition) is 2. The first kappa shape index (κ1) is 37.8. The maximum absolute atomic E-state index is 11.5. The van der Waals surface area contributed by atoms with Crippen LogP contribution in [0.25, 0.3) is 0 Å². The van der Waals surface area contributed by atoms with Gasteiger partial charge in [0.15, 0.2) is 0 Å². The molecule has 1 aromatic carbocycles. The van der Waals surface area contributed by atoms with Crippen molar-refractivity contribution in [1.29, 1.82) is 0 Å². The van der Waals surface area contributed by atoms with E-state index in [1.165, 1.54) is 0 Å². The van der Waals surface area contributed by atoms with Crippen molar-refractivity contribution >= 4 is 11.8 Å². The molecule has 13 heteroatoms. The summed E-state index contributed by atoms with van der Waals surface area (Å²) in [5.74, 6) is 0.769. The molecular weight excluding hydrogens is 552 g/mol. The van der Waals surface area contributed by atoms with Crippen molar-refractivity contribution in [2.75, 3.05) is 125 Å². The van der Waals surface area contributed by atoms with Crippen LogP contribution in [-0.2, 0) is 42.6 Å². The third kappa shape index (κ3) is 26.7. The average molecular weight is 605 g/mol. The molecule has 0 radical (unpaired) electrons. The first-order valence-corrected chi connectivity index (χ1v) is 14.4. The van der Waals surface area contributed by atoms with E-state index in [-0.39, 0.29) is 0 Å². The largest absolute Gasteiger partial charge is 0.491 e. The number of alkyl carbamates (subject to hydrolysis) is 1. The number of ether oxygens (including phenoxy) is 10. The van der Waals surface area contributed by atoms with Crippen molar-refractivity contribution in [2.24, 2.45) is 0 Å². The molecule has 0 aromatic heterocycles. The molecule has 13 nitrogen and oxygen atoms in total. The van der Waals surface area contributed by atoms with Crippen LogP contribution in [-0.4, -0.2) is 131 Å². The highest BCUT2D eigenvalue weighted by molar-refractivity contribution is 5.67. The molecular formula is C29H52N2O11. The molecule has 0 fully saturated rings. The number of benzene rings is 1. The molecule has 1 aromatic rings. The smallest absolute Gasteiger partial charge is 0.407 e. The van der Waals surface area contributed by atoms with Crippen molar-refractivity contribution in [3.63, 3.8) is 0 Å². The van der Waals surface area contributed by atoms with Gasteiger partial charge < -0.3 is 58.4 Å². The Hall–Kier alpha value is -2.23. The zero-order valence-electron chi connectivity index (χ0n) is 25.6. The second-order valence-corrected chi connectivity index (χ2v) is 9.75. The Bertz CT molecular complexity index is 748. The fourth-order valence-electron chi connectivity index (χ4n) is 2.96. The van der Waals surface area contributed by atoms with Crippen LogP contribution in [0.3, 0.4) is 0 Å². The van der Waals surface area contributed by atoms with E-state index in [0.717, 1.165) is 5.75 Å². The van der Waals surface area contributed by atoms with Crippen LogP contribution in [0, 0.1) is 0 Å². The van der Waals surface area contributed by atoms with Crippen molar-refractivity contribution in [2.45, 2.75) is 26.4 Å². The fourth-order valence-corrected chi connectivity index (χ4v) is 2.96. The third-order valence-corrected chi connectivity index (χ3v) is 4.90. The SMILES string of the molecule is CC(C)(C)OC(=O)NCCOCCOCCOCCOCCOCCOCCOCCOCCOc1ccc(N)cc1. The molecule has 0 aliphatic heterocycles. The number of carbonyl (C=O) groups excluding carboxylic acids is 1. The quantitative estimate of drug-likeness (QED) is 0.107. The van der Waals surface area contributed by atoms with Gasteiger partial charge in [0.05, 0.1) is 106 Å². The minimum Gasteiger partial charge on any atom is -0.491 e. The zero-order valence-corrected chi connectivity index (χ0v) is 25.6. The van der Waals surface area contributed by atoms with Crippen LogP contribution < -0.4 is 15.8 Å². The van der Waals surface area contributed by atoms with E-state index < -0.39 is 11.7 Å². The molecule has 1 amide bonds. The molecule has 244 valence electrons. The van der Waals surface area contributed by atoms with E-state index in [2.05, 4.69) is 5.32 Å². The molecule has 0 unspecified atom stereocenters. The van der Waals surface area contributed by atoms with Gasteiger partial charge in [-0.2, -0.15) is 0 Å². The van der Waals surface area contributed by atoms with Crippen molar-refractivity contribution in [3.8, 4) is 5.75 Å². The Kier molecular flexibility index (Phi) is 23.8. The van der Waals surface area contributed by atoms with Gasteiger partial charge in [-0.1, -0.05) is 0 Å². The summed E-state index contributed by atoms with van der Waals surface area (Å²) in [4.78, 5) is 11.5. The van der Waals surface area contributed by atoms with Crippen molar-refractivity contribution in [3.05, 3.63) is 24.3 Å². The summed E-state index contributed by atoms with van der Waals surface area (Å²) in [6.07, 6.45) is -0.452. The Balaban J connectivity index is 1.66. The van der Waals surface area contributed by atoms with Gasteiger partial charge in [-0.05, 0) is 45.0 Å². The van der Waals surface area contributed by atoms with E-state index in [1.807, 2.05) is 32.9 Å². The van der Waals surface area contributed by atoms with Crippen LogP contribution in [0.5, 0.6) is 5.75 Å². The standard InChI is InChI=1S/C29H52N2O11/c1-29(2,3)42-28(32)31-8-9-33-10-11-34-12-13-35-14-15-36-16-17-37-18-19-38-20-21-39-22-23-40-24-25-41-27-6-4-26(30)5-7-27/h4-7H,8-25,30H2,1-3H3,(H,31,32). The van der Waals surface area contributed by atoms with E-state index >= 15 is 0 Å².